The maximum atomic E-state index is 4.67. The first-order valence-electron chi connectivity index (χ1n) is 8.58. The number of nitrogens with zero attached hydrogens (tertiary/aromatic N) is 5. The molecule has 5 nitrogen and oxygen atoms in total. The highest BCUT2D eigenvalue weighted by atomic mass is 15.4. The van der Waals surface area contributed by atoms with Gasteiger partial charge >= 0.3 is 0 Å². The van der Waals surface area contributed by atoms with E-state index >= 15 is 0 Å². The standard InChI is InChI=1S/C19H25N5/c1-21-6-8-24(9-7-21)13-18-11-17-10-15(4-5-16(17)12-20-18)19-14-22(2)23(19)3/h4-5,10-12,14H,6-9,13H2,1-3H3. The minimum atomic E-state index is 0.944. The van der Waals surface area contributed by atoms with Crippen molar-refractivity contribution in [2.75, 3.05) is 33.2 Å². The molecule has 4 rings (SSSR count). The number of likely N-dealkylation sites (N-methyl/N-ethyl adjacent to an activating group) is 1. The minimum Gasteiger partial charge on any atom is -0.304 e. The van der Waals surface area contributed by atoms with Crippen LogP contribution in [0.15, 0.2) is 36.7 Å². The molecule has 0 amide bonds. The van der Waals surface area contributed by atoms with Crippen LogP contribution in [0.5, 0.6) is 0 Å². The van der Waals surface area contributed by atoms with Gasteiger partial charge in [-0.25, -0.2) is 0 Å². The number of fused-ring (bicyclic) bond motifs is 1. The number of benzene rings is 1. The highest BCUT2D eigenvalue weighted by Crippen LogP contribution is 2.25. The maximum Gasteiger partial charge on any atom is 0.0821 e. The third-order valence-electron chi connectivity index (χ3n) is 5.19. The molecule has 5 heteroatoms. The highest BCUT2D eigenvalue weighted by molar-refractivity contribution is 5.86. The van der Waals surface area contributed by atoms with E-state index in [-0.39, 0.29) is 0 Å². The molecule has 1 aliphatic heterocycles. The van der Waals surface area contributed by atoms with Gasteiger partial charge in [-0.05, 0) is 24.6 Å². The summed E-state index contributed by atoms with van der Waals surface area (Å²) in [4.78, 5) is 9.55. The van der Waals surface area contributed by atoms with Gasteiger partial charge in [0.15, 0.2) is 0 Å². The van der Waals surface area contributed by atoms with Crippen molar-refractivity contribution in [2.24, 2.45) is 14.1 Å². The van der Waals surface area contributed by atoms with Gasteiger partial charge in [0.25, 0.3) is 0 Å². The quantitative estimate of drug-likeness (QED) is 0.741. The van der Waals surface area contributed by atoms with Gasteiger partial charge in [-0.3, -0.25) is 19.2 Å². The average molecular weight is 323 g/mol. The molecule has 3 heterocycles. The number of pyridine rings is 1. The summed E-state index contributed by atoms with van der Waals surface area (Å²) >= 11 is 0. The molecule has 1 saturated heterocycles. The molecule has 0 atom stereocenters. The van der Waals surface area contributed by atoms with Crippen LogP contribution in [0.3, 0.4) is 0 Å². The topological polar surface area (TPSA) is 29.2 Å². The number of hydrogen-bond donors (Lipinski definition) is 0. The highest BCUT2D eigenvalue weighted by Gasteiger charge is 2.15. The van der Waals surface area contributed by atoms with Gasteiger partial charge in [0.05, 0.1) is 11.4 Å². The van der Waals surface area contributed by atoms with E-state index in [9.17, 15) is 0 Å². The smallest absolute Gasteiger partial charge is 0.0821 e. The summed E-state index contributed by atoms with van der Waals surface area (Å²) < 4.78 is 4.25. The summed E-state index contributed by atoms with van der Waals surface area (Å²) in [6.45, 7) is 5.48. The molecule has 0 aliphatic carbocycles. The molecule has 0 N–H and O–H groups in total. The number of hydrogen-bond acceptors (Lipinski definition) is 3. The van der Waals surface area contributed by atoms with E-state index in [0.29, 0.717) is 0 Å². The van der Waals surface area contributed by atoms with Crippen molar-refractivity contribution < 1.29 is 0 Å². The lowest BCUT2D eigenvalue weighted by Crippen LogP contribution is -2.43. The molecule has 0 saturated carbocycles. The predicted octanol–water partition coefficient (Wildman–Crippen LogP) is 2.33. The number of aromatic nitrogens is 3. The second-order valence-corrected chi connectivity index (χ2v) is 6.93. The van der Waals surface area contributed by atoms with E-state index in [1.54, 1.807) is 0 Å². The lowest BCUT2D eigenvalue weighted by Gasteiger charge is -2.32. The van der Waals surface area contributed by atoms with Crippen LogP contribution >= 0.6 is 0 Å². The van der Waals surface area contributed by atoms with Crippen molar-refractivity contribution >= 4 is 10.8 Å². The van der Waals surface area contributed by atoms with Gasteiger partial charge in [0.1, 0.15) is 0 Å². The van der Waals surface area contributed by atoms with Crippen molar-refractivity contribution in [1.82, 2.24) is 24.1 Å². The van der Waals surface area contributed by atoms with E-state index < -0.39 is 0 Å². The average Bonchev–Trinajstić information content (AvgIpc) is 2.60. The fraction of sp³-hybridized carbons (Fsp3) is 0.421. The molecule has 0 bridgehead atoms. The Morgan fingerprint density at radius 3 is 2.46 bits per heavy atom. The monoisotopic (exact) mass is 323 g/mol. The molecule has 0 spiro atoms. The summed E-state index contributed by atoms with van der Waals surface area (Å²) in [7, 11) is 6.34. The Kier molecular flexibility index (Phi) is 3.90. The van der Waals surface area contributed by atoms with E-state index in [4.69, 9.17) is 0 Å². The molecular formula is C19H25N5. The summed E-state index contributed by atoms with van der Waals surface area (Å²) in [5, 5.41) is 2.48. The number of aryl methyl sites for hydroxylation is 1. The predicted molar refractivity (Wildman–Crippen MR) is 97.9 cm³/mol. The summed E-state index contributed by atoms with van der Waals surface area (Å²) in [5.74, 6) is 0. The zero-order chi connectivity index (χ0) is 16.7. The lowest BCUT2D eigenvalue weighted by atomic mass is 10.1. The molecule has 1 aromatic carbocycles. The van der Waals surface area contributed by atoms with E-state index in [0.717, 1.165) is 38.4 Å². The fourth-order valence-electron chi connectivity index (χ4n) is 3.39. The van der Waals surface area contributed by atoms with Gasteiger partial charge in [-0.2, -0.15) is 0 Å². The number of rotatable bonds is 3. The molecule has 0 radical (unpaired) electrons. The molecular weight excluding hydrogens is 298 g/mol. The van der Waals surface area contributed by atoms with Crippen LogP contribution in [-0.4, -0.2) is 57.4 Å². The van der Waals surface area contributed by atoms with E-state index in [2.05, 4.69) is 75.8 Å². The SMILES string of the molecule is CN1CCN(Cc2cc3cc(-c4cn(C)n4C)ccc3cn2)CC1. The second-order valence-electron chi connectivity index (χ2n) is 6.93. The minimum absolute atomic E-state index is 0.944. The third kappa shape index (κ3) is 2.85. The first kappa shape index (κ1) is 15.4. The van der Waals surface area contributed by atoms with Gasteiger partial charge < -0.3 is 4.90 Å². The maximum absolute atomic E-state index is 4.67. The second kappa shape index (κ2) is 6.07. The lowest BCUT2D eigenvalue weighted by molar-refractivity contribution is 0.147. The van der Waals surface area contributed by atoms with E-state index in [1.165, 1.54) is 22.0 Å². The molecule has 1 fully saturated rings. The molecule has 126 valence electrons. The molecule has 0 unspecified atom stereocenters. The molecule has 3 aromatic rings. The summed E-state index contributed by atoms with van der Waals surface area (Å²) in [6.07, 6.45) is 4.17. The molecule has 1 aliphatic rings. The first-order chi connectivity index (χ1) is 11.6. The molecule has 2 aromatic heterocycles. The Bertz CT molecular complexity index is 852. The van der Waals surface area contributed by atoms with Crippen molar-refractivity contribution in [3.63, 3.8) is 0 Å². The van der Waals surface area contributed by atoms with Crippen LogP contribution in [0.2, 0.25) is 0 Å². The van der Waals surface area contributed by atoms with Crippen LogP contribution in [-0.2, 0) is 20.6 Å². The summed E-state index contributed by atoms with van der Waals surface area (Å²) in [5.41, 5.74) is 3.69. The van der Waals surface area contributed by atoms with Crippen molar-refractivity contribution in [3.05, 3.63) is 42.4 Å². The Balaban J connectivity index is 1.58. The van der Waals surface area contributed by atoms with Crippen LogP contribution in [0.25, 0.3) is 22.0 Å². The van der Waals surface area contributed by atoms with Gasteiger partial charge in [-0.1, -0.05) is 12.1 Å². The van der Waals surface area contributed by atoms with Gasteiger partial charge in [-0.15, -0.1) is 0 Å². The molecule has 24 heavy (non-hydrogen) atoms. The van der Waals surface area contributed by atoms with Crippen LogP contribution in [0.1, 0.15) is 5.69 Å². The van der Waals surface area contributed by atoms with Crippen molar-refractivity contribution in [1.29, 1.82) is 0 Å². The Hall–Kier alpha value is -2.11. The van der Waals surface area contributed by atoms with Gasteiger partial charge in [0, 0.05) is 70.2 Å². The number of piperazine rings is 1. The largest absolute Gasteiger partial charge is 0.304 e. The zero-order valence-corrected chi connectivity index (χ0v) is 14.7. The fourth-order valence-corrected chi connectivity index (χ4v) is 3.39. The Morgan fingerprint density at radius 1 is 0.958 bits per heavy atom. The van der Waals surface area contributed by atoms with Crippen LogP contribution in [0, 0.1) is 0 Å². The van der Waals surface area contributed by atoms with Gasteiger partial charge in [0.2, 0.25) is 0 Å². The normalized spacial score (nSPS) is 17.0. The summed E-state index contributed by atoms with van der Waals surface area (Å²) in [6, 6.07) is 8.88. The van der Waals surface area contributed by atoms with Crippen LogP contribution in [0.4, 0.5) is 0 Å². The van der Waals surface area contributed by atoms with Crippen molar-refractivity contribution in [2.45, 2.75) is 6.54 Å². The zero-order valence-electron chi connectivity index (χ0n) is 14.7. The van der Waals surface area contributed by atoms with Crippen molar-refractivity contribution in [3.8, 4) is 11.3 Å². The van der Waals surface area contributed by atoms with E-state index in [1.807, 2.05) is 6.20 Å². The third-order valence-corrected chi connectivity index (χ3v) is 5.19. The Labute approximate surface area is 143 Å². The van der Waals surface area contributed by atoms with Crippen LogP contribution < -0.4 is 0 Å². The first-order valence-corrected chi connectivity index (χ1v) is 8.58. The Morgan fingerprint density at radius 2 is 1.75 bits per heavy atom.